The molecule has 134 valence electrons. The van der Waals surface area contributed by atoms with Crippen molar-refractivity contribution in [1.29, 1.82) is 0 Å². The molecule has 25 heavy (non-hydrogen) atoms. The Kier molecular flexibility index (Phi) is 4.94. The number of nitrogens with two attached hydrogens (primary N) is 1. The highest BCUT2D eigenvalue weighted by atomic mass is 16.5. The lowest BCUT2D eigenvalue weighted by molar-refractivity contribution is 0.0537. The second-order valence-electron chi connectivity index (χ2n) is 6.57. The Bertz CT molecular complexity index is 857. The van der Waals surface area contributed by atoms with Crippen LogP contribution in [0, 0.1) is 5.92 Å². The molecule has 7 heteroatoms. The fourth-order valence-corrected chi connectivity index (χ4v) is 3.12. The monoisotopic (exact) mass is 344 g/mol. The average Bonchev–Trinajstić information content (AvgIpc) is 2.63. The molecule has 0 aliphatic carbocycles. The van der Waals surface area contributed by atoms with Crippen LogP contribution in [0.25, 0.3) is 0 Å². The van der Waals surface area contributed by atoms with Crippen molar-refractivity contribution in [1.82, 2.24) is 9.13 Å². The summed E-state index contributed by atoms with van der Waals surface area (Å²) in [7, 11) is 1.48. The van der Waals surface area contributed by atoms with E-state index in [4.69, 9.17) is 10.5 Å². The maximum atomic E-state index is 12.6. The summed E-state index contributed by atoms with van der Waals surface area (Å²) in [5, 5.41) is 3.26. The molecular formula is C18H24N4O3. The van der Waals surface area contributed by atoms with Crippen LogP contribution in [0.1, 0.15) is 18.9 Å². The van der Waals surface area contributed by atoms with Crippen molar-refractivity contribution >= 4 is 11.5 Å². The van der Waals surface area contributed by atoms with E-state index in [2.05, 4.69) is 12.2 Å². The first-order valence-electron chi connectivity index (χ1n) is 8.46. The summed E-state index contributed by atoms with van der Waals surface area (Å²) < 4.78 is 7.98. The summed E-state index contributed by atoms with van der Waals surface area (Å²) in [5.74, 6) is 0.433. The van der Waals surface area contributed by atoms with Gasteiger partial charge in [-0.1, -0.05) is 37.3 Å². The normalized spacial score (nSPS) is 20.4. The van der Waals surface area contributed by atoms with Gasteiger partial charge in [-0.25, -0.2) is 4.79 Å². The predicted molar refractivity (Wildman–Crippen MR) is 97.9 cm³/mol. The van der Waals surface area contributed by atoms with Gasteiger partial charge >= 0.3 is 5.69 Å². The molecule has 1 fully saturated rings. The van der Waals surface area contributed by atoms with Gasteiger partial charge in [-0.15, -0.1) is 0 Å². The molecule has 2 atom stereocenters. The van der Waals surface area contributed by atoms with Gasteiger partial charge in [-0.3, -0.25) is 13.9 Å². The fourth-order valence-electron chi connectivity index (χ4n) is 3.12. The van der Waals surface area contributed by atoms with Crippen molar-refractivity contribution in [3.05, 3.63) is 56.7 Å². The number of anilines is 2. The van der Waals surface area contributed by atoms with Crippen molar-refractivity contribution in [3.63, 3.8) is 0 Å². The van der Waals surface area contributed by atoms with E-state index in [0.29, 0.717) is 19.8 Å². The lowest BCUT2D eigenvalue weighted by Gasteiger charge is -2.30. The number of rotatable bonds is 4. The Balaban J connectivity index is 2.01. The van der Waals surface area contributed by atoms with Gasteiger partial charge in [0.25, 0.3) is 5.56 Å². The molecule has 3 rings (SSSR count). The topological polar surface area (TPSA) is 91.3 Å². The maximum absolute atomic E-state index is 12.6. The van der Waals surface area contributed by atoms with E-state index >= 15 is 0 Å². The largest absolute Gasteiger partial charge is 0.383 e. The molecule has 0 spiro atoms. The fraction of sp³-hybridized carbons (Fsp3) is 0.444. The minimum atomic E-state index is -0.420. The summed E-state index contributed by atoms with van der Waals surface area (Å²) in [6.07, 6.45) is 0.793. The number of nitrogens with one attached hydrogen (secondary N) is 1. The lowest BCUT2D eigenvalue weighted by Crippen LogP contribution is -2.44. The van der Waals surface area contributed by atoms with Crippen molar-refractivity contribution in [3.8, 4) is 0 Å². The van der Waals surface area contributed by atoms with Crippen LogP contribution in [0.2, 0.25) is 0 Å². The van der Waals surface area contributed by atoms with E-state index in [0.717, 1.165) is 16.6 Å². The van der Waals surface area contributed by atoms with E-state index in [-0.39, 0.29) is 23.5 Å². The van der Waals surface area contributed by atoms with Gasteiger partial charge in [-0.2, -0.15) is 0 Å². The highest BCUT2D eigenvalue weighted by Crippen LogP contribution is 2.21. The first-order chi connectivity index (χ1) is 12.0. The number of benzene rings is 1. The first kappa shape index (κ1) is 17.3. The molecule has 1 aromatic heterocycles. The molecule has 1 aliphatic rings. The minimum absolute atomic E-state index is 0.0893. The van der Waals surface area contributed by atoms with Crippen molar-refractivity contribution in [2.24, 2.45) is 13.0 Å². The molecule has 2 heterocycles. The molecular weight excluding hydrogens is 320 g/mol. The summed E-state index contributed by atoms with van der Waals surface area (Å²) in [5.41, 5.74) is 6.64. The van der Waals surface area contributed by atoms with Gasteiger partial charge in [0, 0.05) is 19.7 Å². The van der Waals surface area contributed by atoms with Crippen molar-refractivity contribution < 1.29 is 4.74 Å². The second kappa shape index (κ2) is 7.14. The molecule has 1 aromatic carbocycles. The summed E-state index contributed by atoms with van der Waals surface area (Å²) in [6, 6.07) is 9.65. The van der Waals surface area contributed by atoms with Gasteiger partial charge < -0.3 is 15.8 Å². The van der Waals surface area contributed by atoms with Crippen molar-refractivity contribution in [2.45, 2.75) is 25.9 Å². The third-order valence-corrected chi connectivity index (χ3v) is 4.74. The molecule has 0 amide bonds. The number of ether oxygens (including phenoxy) is 1. The van der Waals surface area contributed by atoms with Crippen LogP contribution < -0.4 is 22.3 Å². The number of nitrogens with zero attached hydrogens (tertiary/aromatic N) is 2. The molecule has 1 aliphatic heterocycles. The molecule has 7 nitrogen and oxygen atoms in total. The average molecular weight is 344 g/mol. The zero-order chi connectivity index (χ0) is 18.0. The molecule has 3 N–H and O–H groups in total. The summed E-state index contributed by atoms with van der Waals surface area (Å²) in [4.78, 5) is 25.1. The number of aromatic nitrogens is 2. The van der Waals surface area contributed by atoms with E-state index in [1.165, 1.54) is 11.6 Å². The third kappa shape index (κ3) is 3.46. The number of hydrogen-bond donors (Lipinski definition) is 2. The van der Waals surface area contributed by atoms with E-state index in [1.807, 2.05) is 30.3 Å². The Hall–Kier alpha value is -2.54. The van der Waals surface area contributed by atoms with E-state index < -0.39 is 11.2 Å². The Morgan fingerprint density at radius 2 is 2.00 bits per heavy atom. The van der Waals surface area contributed by atoms with E-state index in [1.54, 1.807) is 0 Å². The SMILES string of the molecule is CC1COCCC1Nc1c(N)n(Cc2ccccc2)c(=O)n(C)c1=O. The smallest absolute Gasteiger partial charge is 0.332 e. The molecule has 2 aromatic rings. The minimum Gasteiger partial charge on any atom is -0.383 e. The van der Waals surface area contributed by atoms with Crippen LogP contribution in [-0.4, -0.2) is 28.4 Å². The van der Waals surface area contributed by atoms with Crippen LogP contribution in [0.3, 0.4) is 0 Å². The molecule has 0 radical (unpaired) electrons. The van der Waals surface area contributed by atoms with Crippen LogP contribution in [0.4, 0.5) is 11.5 Å². The standard InChI is InChI=1S/C18H24N4O3/c1-12-11-25-9-8-14(12)20-15-16(19)22(18(24)21(2)17(15)23)10-13-6-4-3-5-7-13/h3-7,12,14,20H,8-11,19H2,1-2H3. The maximum Gasteiger partial charge on any atom is 0.332 e. The van der Waals surface area contributed by atoms with Crippen LogP contribution in [0.5, 0.6) is 0 Å². The zero-order valence-electron chi connectivity index (χ0n) is 14.6. The second-order valence-corrected chi connectivity index (χ2v) is 6.57. The molecule has 2 unspecified atom stereocenters. The van der Waals surface area contributed by atoms with E-state index in [9.17, 15) is 9.59 Å². The molecule has 0 bridgehead atoms. The van der Waals surface area contributed by atoms with Crippen molar-refractivity contribution in [2.75, 3.05) is 24.3 Å². The zero-order valence-corrected chi connectivity index (χ0v) is 14.6. The summed E-state index contributed by atoms with van der Waals surface area (Å²) in [6.45, 7) is 3.67. The lowest BCUT2D eigenvalue weighted by atomic mass is 9.97. The van der Waals surface area contributed by atoms with Gasteiger partial charge in [-0.05, 0) is 17.9 Å². The third-order valence-electron chi connectivity index (χ3n) is 4.74. The Morgan fingerprint density at radius 3 is 2.68 bits per heavy atom. The van der Waals surface area contributed by atoms with Gasteiger partial charge in [0.1, 0.15) is 11.5 Å². The van der Waals surface area contributed by atoms with Crippen LogP contribution in [-0.2, 0) is 18.3 Å². The van der Waals surface area contributed by atoms with Gasteiger partial charge in [0.2, 0.25) is 0 Å². The van der Waals surface area contributed by atoms with Crippen LogP contribution >= 0.6 is 0 Å². The quantitative estimate of drug-likeness (QED) is 0.864. The first-order valence-corrected chi connectivity index (χ1v) is 8.46. The van der Waals surface area contributed by atoms with Crippen LogP contribution in [0.15, 0.2) is 39.9 Å². The molecule has 0 saturated carbocycles. The summed E-state index contributed by atoms with van der Waals surface area (Å²) >= 11 is 0. The number of hydrogen-bond acceptors (Lipinski definition) is 5. The highest BCUT2D eigenvalue weighted by molar-refractivity contribution is 5.61. The number of nitrogen functional groups attached to an aromatic ring is 1. The Labute approximate surface area is 146 Å². The Morgan fingerprint density at radius 1 is 1.28 bits per heavy atom. The highest BCUT2D eigenvalue weighted by Gasteiger charge is 2.25. The predicted octanol–water partition coefficient (Wildman–Crippen LogP) is 1.01. The molecule has 1 saturated heterocycles. The van der Waals surface area contributed by atoms with Gasteiger partial charge in [0.05, 0.1) is 13.2 Å². The van der Waals surface area contributed by atoms with Gasteiger partial charge in [0.15, 0.2) is 0 Å².